The van der Waals surface area contributed by atoms with E-state index in [-0.39, 0.29) is 22.1 Å². The third-order valence-corrected chi connectivity index (χ3v) is 5.27. The SMILES string of the molecule is CC(C)(C)S[C@@H]1c2ccccc2CC[C@H]1OC(=O)C(C)(C)C. The van der Waals surface area contributed by atoms with Gasteiger partial charge in [0.1, 0.15) is 6.10 Å². The van der Waals surface area contributed by atoms with E-state index in [1.165, 1.54) is 11.1 Å². The van der Waals surface area contributed by atoms with E-state index in [4.69, 9.17) is 4.74 Å². The molecular weight excluding hydrogens is 292 g/mol. The van der Waals surface area contributed by atoms with E-state index in [0.717, 1.165) is 12.8 Å². The molecule has 1 aliphatic rings. The predicted molar refractivity (Wildman–Crippen MR) is 94.2 cm³/mol. The molecule has 0 saturated heterocycles. The molecule has 2 rings (SSSR count). The third kappa shape index (κ3) is 4.28. The van der Waals surface area contributed by atoms with Crippen LogP contribution >= 0.6 is 11.8 Å². The average Bonchev–Trinajstić information content (AvgIpc) is 2.39. The van der Waals surface area contributed by atoms with Gasteiger partial charge in [-0.15, -0.1) is 11.8 Å². The molecule has 0 aliphatic heterocycles. The molecule has 0 spiro atoms. The molecule has 0 fully saturated rings. The maximum absolute atomic E-state index is 12.3. The van der Waals surface area contributed by atoms with Gasteiger partial charge in [-0.25, -0.2) is 0 Å². The quantitative estimate of drug-likeness (QED) is 0.704. The summed E-state index contributed by atoms with van der Waals surface area (Å²) in [6.07, 6.45) is 1.86. The predicted octanol–water partition coefficient (Wildman–Crippen LogP) is 5.16. The molecule has 1 aromatic rings. The van der Waals surface area contributed by atoms with Gasteiger partial charge in [0.25, 0.3) is 0 Å². The molecule has 0 saturated carbocycles. The van der Waals surface area contributed by atoms with Gasteiger partial charge in [0.2, 0.25) is 0 Å². The topological polar surface area (TPSA) is 26.3 Å². The Balaban J connectivity index is 2.28. The van der Waals surface area contributed by atoms with E-state index in [1.54, 1.807) is 0 Å². The van der Waals surface area contributed by atoms with Crippen molar-refractivity contribution in [2.24, 2.45) is 5.41 Å². The average molecular weight is 320 g/mol. The van der Waals surface area contributed by atoms with Gasteiger partial charge < -0.3 is 4.74 Å². The van der Waals surface area contributed by atoms with Gasteiger partial charge >= 0.3 is 5.97 Å². The molecule has 0 N–H and O–H groups in total. The van der Waals surface area contributed by atoms with Crippen LogP contribution in [0.3, 0.4) is 0 Å². The normalized spacial score (nSPS) is 22.1. The van der Waals surface area contributed by atoms with Crippen molar-refractivity contribution in [1.82, 2.24) is 0 Å². The van der Waals surface area contributed by atoms with Crippen LogP contribution in [0.15, 0.2) is 24.3 Å². The van der Waals surface area contributed by atoms with Crippen LogP contribution in [0.1, 0.15) is 64.3 Å². The lowest BCUT2D eigenvalue weighted by molar-refractivity contribution is -0.159. The summed E-state index contributed by atoms with van der Waals surface area (Å²) in [6.45, 7) is 12.4. The number of carbonyl (C=O) groups is 1. The molecule has 2 atom stereocenters. The third-order valence-electron chi connectivity index (χ3n) is 3.75. The van der Waals surface area contributed by atoms with Gasteiger partial charge in [0.05, 0.1) is 10.7 Å². The second-order valence-electron chi connectivity index (χ2n) is 8.08. The van der Waals surface area contributed by atoms with Crippen molar-refractivity contribution in [2.75, 3.05) is 0 Å². The molecular formula is C19H28O2S. The maximum atomic E-state index is 12.3. The first-order chi connectivity index (χ1) is 10.1. The fraction of sp³-hybridized carbons (Fsp3) is 0.632. The first-order valence-corrected chi connectivity index (χ1v) is 8.92. The van der Waals surface area contributed by atoms with Gasteiger partial charge in [-0.2, -0.15) is 0 Å². The fourth-order valence-corrected chi connectivity index (χ4v) is 4.11. The van der Waals surface area contributed by atoms with Crippen molar-refractivity contribution in [2.45, 2.75) is 70.5 Å². The largest absolute Gasteiger partial charge is 0.460 e. The Morgan fingerprint density at radius 3 is 2.36 bits per heavy atom. The van der Waals surface area contributed by atoms with Crippen molar-refractivity contribution >= 4 is 17.7 Å². The number of ether oxygens (including phenoxy) is 1. The summed E-state index contributed by atoms with van der Waals surface area (Å²) in [5.41, 5.74) is 2.28. The number of thioether (sulfide) groups is 1. The van der Waals surface area contributed by atoms with Crippen LogP contribution in [0.25, 0.3) is 0 Å². The highest BCUT2D eigenvalue weighted by Gasteiger charge is 2.37. The van der Waals surface area contributed by atoms with Gasteiger partial charge in [-0.1, -0.05) is 45.0 Å². The summed E-state index contributed by atoms with van der Waals surface area (Å²) >= 11 is 1.90. The molecule has 1 aromatic carbocycles. The van der Waals surface area contributed by atoms with Gasteiger partial charge in [0.15, 0.2) is 0 Å². The molecule has 0 amide bonds. The smallest absolute Gasteiger partial charge is 0.311 e. The molecule has 0 aromatic heterocycles. The van der Waals surface area contributed by atoms with Crippen LogP contribution in [0.4, 0.5) is 0 Å². The Morgan fingerprint density at radius 2 is 1.77 bits per heavy atom. The van der Waals surface area contributed by atoms with Crippen LogP contribution in [-0.2, 0) is 16.0 Å². The van der Waals surface area contributed by atoms with E-state index < -0.39 is 5.41 Å². The summed E-state index contributed by atoms with van der Waals surface area (Å²) in [7, 11) is 0. The molecule has 0 heterocycles. The Bertz CT molecular complexity index is 537. The Labute approximate surface area is 139 Å². The number of aryl methyl sites for hydroxylation is 1. The summed E-state index contributed by atoms with van der Waals surface area (Å²) in [6, 6.07) is 8.57. The zero-order valence-corrected chi connectivity index (χ0v) is 15.4. The highest BCUT2D eigenvalue weighted by atomic mass is 32.2. The van der Waals surface area contributed by atoms with E-state index in [1.807, 2.05) is 32.5 Å². The van der Waals surface area contributed by atoms with Crippen LogP contribution in [0.5, 0.6) is 0 Å². The van der Waals surface area contributed by atoms with E-state index in [2.05, 4.69) is 45.0 Å². The number of hydrogen-bond acceptors (Lipinski definition) is 3. The Hall–Kier alpha value is -0.960. The molecule has 1 aliphatic carbocycles. The second kappa shape index (κ2) is 6.27. The molecule has 3 heteroatoms. The number of hydrogen-bond donors (Lipinski definition) is 0. The molecule has 0 unspecified atom stereocenters. The fourth-order valence-electron chi connectivity index (χ4n) is 2.64. The first-order valence-electron chi connectivity index (χ1n) is 8.04. The van der Waals surface area contributed by atoms with Crippen LogP contribution in [0.2, 0.25) is 0 Å². The number of rotatable bonds is 2. The minimum absolute atomic E-state index is 0.0363. The number of carbonyl (C=O) groups excluding carboxylic acids is 1. The molecule has 2 nitrogen and oxygen atoms in total. The summed E-state index contributed by atoms with van der Waals surface area (Å²) in [5.74, 6) is -0.101. The monoisotopic (exact) mass is 320 g/mol. The van der Waals surface area contributed by atoms with Gasteiger partial charge in [0, 0.05) is 4.75 Å². The lowest BCUT2D eigenvalue weighted by Gasteiger charge is -2.37. The van der Waals surface area contributed by atoms with Crippen LogP contribution < -0.4 is 0 Å². The van der Waals surface area contributed by atoms with Crippen molar-refractivity contribution in [1.29, 1.82) is 0 Å². The zero-order valence-electron chi connectivity index (χ0n) is 14.6. The standard InChI is InChI=1S/C19H28O2S/c1-18(2,3)17(20)21-15-12-11-13-9-7-8-10-14(13)16(15)22-19(4,5)6/h7-10,15-16H,11-12H2,1-6H3/t15-,16-/m1/s1. The minimum atomic E-state index is -0.450. The van der Waals surface area contributed by atoms with Crippen molar-refractivity contribution in [3.8, 4) is 0 Å². The van der Waals surface area contributed by atoms with Gasteiger partial charge in [-0.05, 0) is 44.7 Å². The van der Waals surface area contributed by atoms with E-state index >= 15 is 0 Å². The van der Waals surface area contributed by atoms with Crippen molar-refractivity contribution < 1.29 is 9.53 Å². The maximum Gasteiger partial charge on any atom is 0.311 e. The Morgan fingerprint density at radius 1 is 1.14 bits per heavy atom. The number of esters is 1. The lowest BCUT2D eigenvalue weighted by Crippen LogP contribution is -2.34. The highest BCUT2D eigenvalue weighted by molar-refractivity contribution is 8.00. The molecule has 122 valence electrons. The molecule has 22 heavy (non-hydrogen) atoms. The molecule has 0 bridgehead atoms. The summed E-state index contributed by atoms with van der Waals surface area (Å²) in [4.78, 5) is 12.3. The van der Waals surface area contributed by atoms with Crippen LogP contribution in [0, 0.1) is 5.41 Å². The first kappa shape index (κ1) is 17.4. The zero-order chi connectivity index (χ0) is 16.5. The van der Waals surface area contributed by atoms with E-state index in [0.29, 0.717) is 0 Å². The number of benzene rings is 1. The summed E-state index contributed by atoms with van der Waals surface area (Å²) < 4.78 is 6.04. The lowest BCUT2D eigenvalue weighted by atomic mass is 9.89. The summed E-state index contributed by atoms with van der Waals surface area (Å²) in [5, 5.41) is 0.219. The number of fused-ring (bicyclic) bond motifs is 1. The minimum Gasteiger partial charge on any atom is -0.460 e. The van der Waals surface area contributed by atoms with Gasteiger partial charge in [-0.3, -0.25) is 4.79 Å². The molecule has 0 radical (unpaired) electrons. The highest BCUT2D eigenvalue weighted by Crippen LogP contribution is 2.46. The van der Waals surface area contributed by atoms with E-state index in [9.17, 15) is 4.79 Å². The Kier molecular flexibility index (Phi) is 4.96. The van der Waals surface area contributed by atoms with Crippen molar-refractivity contribution in [3.63, 3.8) is 0 Å². The van der Waals surface area contributed by atoms with Crippen LogP contribution in [-0.4, -0.2) is 16.8 Å². The second-order valence-corrected chi connectivity index (χ2v) is 10.1. The van der Waals surface area contributed by atoms with Crippen molar-refractivity contribution in [3.05, 3.63) is 35.4 Å².